The number of carbonyl (C=O) groups excluding carboxylic acids is 2. The van der Waals surface area contributed by atoms with E-state index in [0.29, 0.717) is 19.6 Å². The number of hydrogen-bond acceptors (Lipinski definition) is 5. The van der Waals surface area contributed by atoms with E-state index in [2.05, 4.69) is 21.9 Å². The van der Waals surface area contributed by atoms with Gasteiger partial charge in [-0.15, -0.1) is 0 Å². The molecule has 116 valence electrons. The highest BCUT2D eigenvalue weighted by atomic mass is 16.5. The van der Waals surface area contributed by atoms with Crippen molar-refractivity contribution in [2.75, 3.05) is 39.8 Å². The molecule has 1 rings (SSSR count). The lowest BCUT2D eigenvalue weighted by molar-refractivity contribution is -0.133. The first kappa shape index (κ1) is 16.7. The lowest BCUT2D eigenvalue weighted by Crippen LogP contribution is -2.57. The molecule has 2 atom stereocenters. The number of β-amino-alcohol motifs (C(OH)–C–C–N with tert-alkyl or cyclic N) is 1. The van der Waals surface area contributed by atoms with E-state index >= 15 is 0 Å². The highest BCUT2D eigenvalue weighted by molar-refractivity contribution is 5.82. The smallest absolute Gasteiger partial charge is 0.407 e. The molecule has 0 radical (unpaired) electrons. The zero-order chi connectivity index (χ0) is 15.1. The standard InChI is InChI=1S/C13H25N3O4/c1-4-11-9-16(6-5-15(11)8-10(2)17)12(18)7-14-13(19)20-3/h10-11,17H,4-9H2,1-3H3,(H,14,19)/t10-,11-/m1/s1. The first-order valence-corrected chi connectivity index (χ1v) is 6.99. The summed E-state index contributed by atoms with van der Waals surface area (Å²) in [5, 5.41) is 11.9. The summed E-state index contributed by atoms with van der Waals surface area (Å²) in [4.78, 5) is 26.9. The largest absolute Gasteiger partial charge is 0.453 e. The van der Waals surface area contributed by atoms with Gasteiger partial charge in [0.25, 0.3) is 0 Å². The van der Waals surface area contributed by atoms with Crippen molar-refractivity contribution in [3.05, 3.63) is 0 Å². The summed E-state index contributed by atoms with van der Waals surface area (Å²) in [6, 6.07) is 0.250. The highest BCUT2D eigenvalue weighted by Crippen LogP contribution is 2.13. The molecule has 0 saturated carbocycles. The SMILES string of the molecule is CC[C@@H]1CN(C(=O)CNC(=O)OC)CCN1C[C@@H](C)O. The Bertz CT molecular complexity index is 336. The normalized spacial score (nSPS) is 21.4. The first-order chi connectivity index (χ1) is 9.47. The molecule has 0 unspecified atom stereocenters. The molecule has 2 amide bonds. The van der Waals surface area contributed by atoms with Gasteiger partial charge >= 0.3 is 6.09 Å². The minimum Gasteiger partial charge on any atom is -0.453 e. The molecule has 0 aromatic heterocycles. The number of rotatable bonds is 5. The Balaban J connectivity index is 2.46. The molecule has 2 N–H and O–H groups in total. The predicted octanol–water partition coefficient (Wildman–Crippen LogP) is -0.354. The third-order valence-corrected chi connectivity index (χ3v) is 3.50. The van der Waals surface area contributed by atoms with Gasteiger partial charge in [-0.2, -0.15) is 0 Å². The van der Waals surface area contributed by atoms with E-state index in [1.54, 1.807) is 11.8 Å². The van der Waals surface area contributed by atoms with Crippen LogP contribution in [-0.2, 0) is 9.53 Å². The van der Waals surface area contributed by atoms with Gasteiger partial charge in [-0.1, -0.05) is 6.92 Å². The van der Waals surface area contributed by atoms with Crippen molar-refractivity contribution >= 4 is 12.0 Å². The van der Waals surface area contributed by atoms with Gasteiger partial charge in [-0.25, -0.2) is 4.79 Å². The number of piperazine rings is 1. The number of nitrogens with zero attached hydrogens (tertiary/aromatic N) is 2. The average molecular weight is 287 g/mol. The van der Waals surface area contributed by atoms with Gasteiger partial charge in [0, 0.05) is 32.2 Å². The van der Waals surface area contributed by atoms with E-state index in [4.69, 9.17) is 0 Å². The highest BCUT2D eigenvalue weighted by Gasteiger charge is 2.28. The molecular formula is C13H25N3O4. The number of ether oxygens (including phenoxy) is 1. The van der Waals surface area contributed by atoms with E-state index in [0.717, 1.165) is 13.0 Å². The molecule has 1 heterocycles. The maximum absolute atomic E-state index is 12.0. The van der Waals surface area contributed by atoms with Crippen molar-refractivity contribution in [1.82, 2.24) is 15.1 Å². The second kappa shape index (κ2) is 8.06. The van der Waals surface area contributed by atoms with Gasteiger partial charge in [-0.05, 0) is 13.3 Å². The van der Waals surface area contributed by atoms with Crippen LogP contribution in [0.1, 0.15) is 20.3 Å². The molecule has 0 spiro atoms. The van der Waals surface area contributed by atoms with Crippen LogP contribution in [-0.4, -0.2) is 78.9 Å². The number of methoxy groups -OCH3 is 1. The Morgan fingerprint density at radius 2 is 2.15 bits per heavy atom. The second-order valence-electron chi connectivity index (χ2n) is 5.09. The van der Waals surface area contributed by atoms with Gasteiger partial charge < -0.3 is 20.1 Å². The van der Waals surface area contributed by atoms with Crippen LogP contribution in [0.25, 0.3) is 0 Å². The van der Waals surface area contributed by atoms with Crippen LogP contribution in [0.4, 0.5) is 4.79 Å². The molecule has 0 aromatic carbocycles. The van der Waals surface area contributed by atoms with Crippen molar-refractivity contribution in [2.45, 2.75) is 32.4 Å². The fourth-order valence-corrected chi connectivity index (χ4v) is 2.42. The number of aliphatic hydroxyl groups excluding tert-OH is 1. The summed E-state index contributed by atoms with van der Waals surface area (Å²) in [5.74, 6) is -0.106. The lowest BCUT2D eigenvalue weighted by atomic mass is 10.1. The Labute approximate surface area is 119 Å². The van der Waals surface area contributed by atoms with Crippen LogP contribution in [0.2, 0.25) is 0 Å². The summed E-state index contributed by atoms with van der Waals surface area (Å²) < 4.78 is 4.43. The maximum atomic E-state index is 12.0. The molecule has 0 aliphatic carbocycles. The van der Waals surface area contributed by atoms with Crippen LogP contribution >= 0.6 is 0 Å². The summed E-state index contributed by atoms with van der Waals surface area (Å²) >= 11 is 0. The molecule has 0 aromatic rings. The van der Waals surface area contributed by atoms with Crippen LogP contribution < -0.4 is 5.32 Å². The zero-order valence-corrected chi connectivity index (χ0v) is 12.5. The third-order valence-electron chi connectivity index (χ3n) is 3.50. The lowest BCUT2D eigenvalue weighted by Gasteiger charge is -2.41. The summed E-state index contributed by atoms with van der Waals surface area (Å²) in [5.41, 5.74) is 0. The summed E-state index contributed by atoms with van der Waals surface area (Å²) in [7, 11) is 1.27. The fraction of sp³-hybridized carbons (Fsp3) is 0.846. The molecule has 7 nitrogen and oxygen atoms in total. The van der Waals surface area contributed by atoms with Crippen molar-refractivity contribution in [3.63, 3.8) is 0 Å². The Morgan fingerprint density at radius 1 is 1.45 bits per heavy atom. The first-order valence-electron chi connectivity index (χ1n) is 6.99. The molecule has 1 aliphatic heterocycles. The average Bonchev–Trinajstić information content (AvgIpc) is 2.44. The topological polar surface area (TPSA) is 82.1 Å². The second-order valence-corrected chi connectivity index (χ2v) is 5.09. The summed E-state index contributed by atoms with van der Waals surface area (Å²) in [6.07, 6.45) is -0.0496. The number of hydrogen-bond donors (Lipinski definition) is 2. The fourth-order valence-electron chi connectivity index (χ4n) is 2.42. The van der Waals surface area contributed by atoms with Gasteiger partial charge in [0.15, 0.2) is 0 Å². The van der Waals surface area contributed by atoms with Crippen LogP contribution in [0.15, 0.2) is 0 Å². The van der Waals surface area contributed by atoms with E-state index < -0.39 is 6.09 Å². The van der Waals surface area contributed by atoms with Gasteiger partial charge in [0.05, 0.1) is 13.2 Å². The van der Waals surface area contributed by atoms with Crippen molar-refractivity contribution < 1.29 is 19.4 Å². The molecule has 7 heteroatoms. The van der Waals surface area contributed by atoms with Crippen molar-refractivity contribution in [2.24, 2.45) is 0 Å². The molecule has 0 bridgehead atoms. The van der Waals surface area contributed by atoms with E-state index in [1.807, 2.05) is 0 Å². The molecule has 1 fully saturated rings. The van der Waals surface area contributed by atoms with Gasteiger partial charge in [0.1, 0.15) is 6.54 Å². The van der Waals surface area contributed by atoms with Gasteiger partial charge in [-0.3, -0.25) is 9.69 Å². The molecule has 20 heavy (non-hydrogen) atoms. The Kier molecular flexibility index (Phi) is 6.74. The monoisotopic (exact) mass is 287 g/mol. The number of aliphatic hydroxyl groups is 1. The quantitative estimate of drug-likeness (QED) is 0.722. The van der Waals surface area contributed by atoms with Crippen LogP contribution in [0.3, 0.4) is 0 Å². The maximum Gasteiger partial charge on any atom is 0.407 e. The zero-order valence-electron chi connectivity index (χ0n) is 12.5. The van der Waals surface area contributed by atoms with Crippen molar-refractivity contribution in [3.8, 4) is 0 Å². The minimum atomic E-state index is -0.599. The van der Waals surface area contributed by atoms with Gasteiger partial charge in [0.2, 0.25) is 5.91 Å². The number of amides is 2. The number of alkyl carbamates (subject to hydrolysis) is 1. The summed E-state index contributed by atoms with van der Waals surface area (Å²) in [6.45, 7) is 6.41. The molecule has 1 saturated heterocycles. The third kappa shape index (κ3) is 4.97. The Hall–Kier alpha value is -1.34. The van der Waals surface area contributed by atoms with E-state index in [9.17, 15) is 14.7 Å². The number of nitrogens with one attached hydrogen (secondary N) is 1. The van der Waals surface area contributed by atoms with E-state index in [1.165, 1.54) is 7.11 Å². The van der Waals surface area contributed by atoms with E-state index in [-0.39, 0.29) is 24.6 Å². The van der Waals surface area contributed by atoms with Crippen LogP contribution in [0.5, 0.6) is 0 Å². The predicted molar refractivity (Wildman–Crippen MR) is 74.3 cm³/mol. The number of carbonyl (C=O) groups is 2. The molecular weight excluding hydrogens is 262 g/mol. The van der Waals surface area contributed by atoms with Crippen LogP contribution in [0, 0.1) is 0 Å². The molecule has 1 aliphatic rings. The van der Waals surface area contributed by atoms with Crippen molar-refractivity contribution in [1.29, 1.82) is 0 Å². The minimum absolute atomic E-state index is 0.0422. The Morgan fingerprint density at radius 3 is 2.70 bits per heavy atom.